The van der Waals surface area contributed by atoms with E-state index in [4.69, 9.17) is 9.47 Å². The highest BCUT2D eigenvalue weighted by atomic mass is 16.5. The van der Waals surface area contributed by atoms with Crippen molar-refractivity contribution in [2.75, 3.05) is 13.2 Å². The smallest absolute Gasteiger partial charge is 0.330 e. The molecule has 1 aromatic carbocycles. The van der Waals surface area contributed by atoms with Crippen LogP contribution in [0.25, 0.3) is 11.6 Å². The molecule has 0 N–H and O–H groups in total. The highest BCUT2D eigenvalue weighted by molar-refractivity contribution is 5.87. The zero-order valence-electron chi connectivity index (χ0n) is 15.8. The van der Waals surface area contributed by atoms with Gasteiger partial charge in [-0.2, -0.15) is 0 Å². The average molecular weight is 365 g/mol. The molecule has 2 rings (SSSR count). The molecule has 0 aliphatic carbocycles. The minimum atomic E-state index is -0.408. The van der Waals surface area contributed by atoms with Gasteiger partial charge in [-0.25, -0.2) is 9.78 Å². The molecule has 2 aromatic rings. The molecule has 5 nitrogen and oxygen atoms in total. The molecule has 140 valence electrons. The first-order valence-corrected chi connectivity index (χ1v) is 8.72. The fourth-order valence-electron chi connectivity index (χ4n) is 2.38. The quantitative estimate of drug-likeness (QED) is 0.549. The van der Waals surface area contributed by atoms with E-state index in [0.29, 0.717) is 12.3 Å². The van der Waals surface area contributed by atoms with E-state index in [1.165, 1.54) is 13.0 Å². The molecule has 0 bridgehead atoms. The standard InChI is InChI=1S/C22H23NO4/c1-4-26-22(25)13-12-19-6-5-7-21(23-19)20(14-15-27-17(3)24)18-10-8-16(2)9-11-18/h5-14H,4,15H2,1-3H3. The maximum absolute atomic E-state index is 11.5. The van der Waals surface area contributed by atoms with Gasteiger partial charge in [-0.05, 0) is 43.7 Å². The first kappa shape index (κ1) is 20.1. The van der Waals surface area contributed by atoms with Gasteiger partial charge in [0.2, 0.25) is 0 Å². The molecule has 27 heavy (non-hydrogen) atoms. The van der Waals surface area contributed by atoms with Crippen LogP contribution in [0.4, 0.5) is 0 Å². The highest BCUT2D eigenvalue weighted by Gasteiger charge is 2.08. The number of hydrogen-bond donors (Lipinski definition) is 0. The Hall–Kier alpha value is -3.21. The van der Waals surface area contributed by atoms with Gasteiger partial charge in [0, 0.05) is 18.6 Å². The number of benzene rings is 1. The Bertz CT molecular complexity index is 851. The van der Waals surface area contributed by atoms with Crippen molar-refractivity contribution in [2.45, 2.75) is 20.8 Å². The van der Waals surface area contributed by atoms with E-state index in [1.807, 2.05) is 49.4 Å². The van der Waals surface area contributed by atoms with E-state index >= 15 is 0 Å². The molecular formula is C22H23NO4. The monoisotopic (exact) mass is 365 g/mol. The summed E-state index contributed by atoms with van der Waals surface area (Å²) in [6, 6.07) is 13.6. The molecule has 0 radical (unpaired) electrons. The average Bonchev–Trinajstić information content (AvgIpc) is 2.65. The molecule has 0 amide bonds. The van der Waals surface area contributed by atoms with Crippen LogP contribution in [0.3, 0.4) is 0 Å². The van der Waals surface area contributed by atoms with Gasteiger partial charge in [0.25, 0.3) is 0 Å². The molecule has 0 fully saturated rings. The van der Waals surface area contributed by atoms with Gasteiger partial charge in [-0.3, -0.25) is 4.79 Å². The first-order chi connectivity index (χ1) is 13.0. The van der Waals surface area contributed by atoms with Crippen molar-refractivity contribution in [3.05, 3.63) is 77.1 Å². The van der Waals surface area contributed by atoms with Crippen molar-refractivity contribution in [1.29, 1.82) is 0 Å². The molecule has 5 heteroatoms. The number of pyridine rings is 1. The van der Waals surface area contributed by atoms with E-state index in [1.54, 1.807) is 19.1 Å². The topological polar surface area (TPSA) is 65.5 Å². The Morgan fingerprint density at radius 2 is 1.81 bits per heavy atom. The minimum absolute atomic E-state index is 0.156. The van der Waals surface area contributed by atoms with E-state index in [0.717, 1.165) is 22.4 Å². The van der Waals surface area contributed by atoms with Crippen LogP contribution in [0, 0.1) is 6.92 Å². The number of carbonyl (C=O) groups is 2. The first-order valence-electron chi connectivity index (χ1n) is 8.72. The lowest BCUT2D eigenvalue weighted by atomic mass is 10.0. The number of aromatic nitrogens is 1. The summed E-state index contributed by atoms with van der Waals surface area (Å²) >= 11 is 0. The number of carbonyl (C=O) groups excluding carboxylic acids is 2. The third kappa shape index (κ3) is 6.55. The minimum Gasteiger partial charge on any atom is -0.463 e. The van der Waals surface area contributed by atoms with E-state index < -0.39 is 5.97 Å². The van der Waals surface area contributed by atoms with Crippen molar-refractivity contribution in [1.82, 2.24) is 4.98 Å². The summed E-state index contributed by atoms with van der Waals surface area (Å²) in [6.45, 7) is 5.63. The summed E-state index contributed by atoms with van der Waals surface area (Å²) in [5, 5.41) is 0. The van der Waals surface area contributed by atoms with Crippen molar-refractivity contribution < 1.29 is 19.1 Å². The van der Waals surface area contributed by atoms with E-state index in [9.17, 15) is 9.59 Å². The number of hydrogen-bond acceptors (Lipinski definition) is 5. The summed E-state index contributed by atoms with van der Waals surface area (Å²) in [4.78, 5) is 27.2. The van der Waals surface area contributed by atoms with Crippen LogP contribution in [0.2, 0.25) is 0 Å². The van der Waals surface area contributed by atoms with Crippen molar-refractivity contribution >= 4 is 23.6 Å². The molecule has 0 spiro atoms. The van der Waals surface area contributed by atoms with Crippen molar-refractivity contribution in [3.8, 4) is 0 Å². The highest BCUT2D eigenvalue weighted by Crippen LogP contribution is 2.23. The third-order valence-corrected chi connectivity index (χ3v) is 3.66. The predicted molar refractivity (Wildman–Crippen MR) is 105 cm³/mol. The van der Waals surface area contributed by atoms with Crippen LogP contribution in [0.5, 0.6) is 0 Å². The number of aryl methyl sites for hydroxylation is 1. The van der Waals surface area contributed by atoms with Gasteiger partial charge in [0.05, 0.1) is 18.0 Å². The molecule has 0 unspecified atom stereocenters. The molecule has 0 aliphatic rings. The largest absolute Gasteiger partial charge is 0.463 e. The second kappa shape index (κ2) is 10.1. The SMILES string of the molecule is CCOC(=O)C=Cc1cccc(C(=CCOC(C)=O)c2ccc(C)cc2)n1. The molecule has 0 saturated carbocycles. The summed E-state index contributed by atoms with van der Waals surface area (Å²) in [7, 11) is 0. The number of ether oxygens (including phenoxy) is 2. The van der Waals surface area contributed by atoms with Crippen LogP contribution < -0.4 is 0 Å². The van der Waals surface area contributed by atoms with Crippen LogP contribution in [-0.4, -0.2) is 30.1 Å². The maximum atomic E-state index is 11.5. The molecule has 0 saturated heterocycles. The van der Waals surface area contributed by atoms with E-state index in [-0.39, 0.29) is 12.6 Å². The van der Waals surface area contributed by atoms with E-state index in [2.05, 4.69) is 4.98 Å². The third-order valence-electron chi connectivity index (χ3n) is 3.66. The van der Waals surface area contributed by atoms with Crippen LogP contribution in [0.15, 0.2) is 54.6 Å². The van der Waals surface area contributed by atoms with Crippen LogP contribution >= 0.6 is 0 Å². The Labute approximate surface area is 159 Å². The van der Waals surface area contributed by atoms with Crippen molar-refractivity contribution in [2.24, 2.45) is 0 Å². The van der Waals surface area contributed by atoms with Gasteiger partial charge >= 0.3 is 11.9 Å². The zero-order valence-corrected chi connectivity index (χ0v) is 15.8. The second-order valence-corrected chi connectivity index (χ2v) is 5.82. The Morgan fingerprint density at radius 3 is 2.48 bits per heavy atom. The maximum Gasteiger partial charge on any atom is 0.330 e. The fraction of sp³-hybridized carbons (Fsp3) is 0.227. The van der Waals surface area contributed by atoms with Gasteiger partial charge in [0.15, 0.2) is 0 Å². The van der Waals surface area contributed by atoms with Crippen LogP contribution in [-0.2, 0) is 19.1 Å². The number of rotatable bonds is 7. The Morgan fingerprint density at radius 1 is 1.07 bits per heavy atom. The molecule has 0 atom stereocenters. The van der Waals surface area contributed by atoms with Gasteiger partial charge in [-0.1, -0.05) is 35.9 Å². The van der Waals surface area contributed by atoms with Gasteiger partial charge < -0.3 is 9.47 Å². The molecule has 0 aliphatic heterocycles. The van der Waals surface area contributed by atoms with Gasteiger partial charge in [-0.15, -0.1) is 0 Å². The normalized spacial score (nSPS) is 11.4. The predicted octanol–water partition coefficient (Wildman–Crippen LogP) is 3.96. The summed E-state index contributed by atoms with van der Waals surface area (Å²) in [5.74, 6) is -0.748. The lowest BCUT2D eigenvalue weighted by Gasteiger charge is -2.09. The lowest BCUT2D eigenvalue weighted by Crippen LogP contribution is -2.01. The number of esters is 2. The fourth-order valence-corrected chi connectivity index (χ4v) is 2.38. The summed E-state index contributed by atoms with van der Waals surface area (Å²) < 4.78 is 9.94. The van der Waals surface area contributed by atoms with Gasteiger partial charge in [0.1, 0.15) is 6.61 Å². The number of nitrogens with zero attached hydrogens (tertiary/aromatic N) is 1. The molecule has 1 aromatic heterocycles. The Kier molecular flexibility index (Phi) is 7.49. The van der Waals surface area contributed by atoms with Crippen LogP contribution in [0.1, 0.15) is 36.4 Å². The lowest BCUT2D eigenvalue weighted by molar-refractivity contribution is -0.140. The molecular weight excluding hydrogens is 342 g/mol. The summed E-state index contributed by atoms with van der Waals surface area (Å²) in [6.07, 6.45) is 4.79. The Balaban J connectivity index is 2.34. The van der Waals surface area contributed by atoms with Crippen molar-refractivity contribution in [3.63, 3.8) is 0 Å². The summed E-state index contributed by atoms with van der Waals surface area (Å²) in [5.41, 5.74) is 4.31. The zero-order chi connectivity index (χ0) is 19.6. The molecule has 1 heterocycles. The second-order valence-electron chi connectivity index (χ2n) is 5.82.